The molecule has 0 unspecified atom stereocenters. The van der Waals surface area contributed by atoms with E-state index in [9.17, 15) is 9.90 Å². The van der Waals surface area contributed by atoms with Crippen molar-refractivity contribution < 1.29 is 9.90 Å². The lowest BCUT2D eigenvalue weighted by Gasteiger charge is -2.47. The van der Waals surface area contributed by atoms with Crippen LogP contribution in [0.15, 0.2) is 47.6 Å². The molecule has 1 aliphatic rings. The molecular weight excluding hydrogens is 338 g/mol. The summed E-state index contributed by atoms with van der Waals surface area (Å²) in [5.74, 6) is 0.289. The fourth-order valence-electron chi connectivity index (χ4n) is 4.03. The normalized spacial score (nSPS) is 18.4. The third kappa shape index (κ3) is 3.97. The Morgan fingerprint density at radius 1 is 1.30 bits per heavy atom. The summed E-state index contributed by atoms with van der Waals surface area (Å²) in [7, 11) is 0. The van der Waals surface area contributed by atoms with E-state index in [1.165, 1.54) is 23.4 Å². The van der Waals surface area contributed by atoms with Gasteiger partial charge in [-0.25, -0.2) is 5.43 Å². The average Bonchev–Trinajstić information content (AvgIpc) is 2.62. The predicted molar refractivity (Wildman–Crippen MR) is 110 cm³/mol. The minimum absolute atomic E-state index is 0.127. The van der Waals surface area contributed by atoms with E-state index in [4.69, 9.17) is 0 Å². The number of anilines is 1. The monoisotopic (exact) mass is 365 g/mol. The van der Waals surface area contributed by atoms with Gasteiger partial charge in [-0.1, -0.05) is 13.0 Å². The number of hydrogen-bond acceptors (Lipinski definition) is 4. The van der Waals surface area contributed by atoms with Gasteiger partial charge in [0.1, 0.15) is 5.75 Å². The molecule has 0 spiro atoms. The first kappa shape index (κ1) is 19.0. The highest BCUT2D eigenvalue weighted by Crippen LogP contribution is 2.43. The molecule has 1 heterocycles. The number of phenolic OH excluding ortho intramolecular Hbond substituents is 1. The average molecular weight is 365 g/mol. The minimum Gasteiger partial charge on any atom is -0.508 e. The zero-order valence-electron chi connectivity index (χ0n) is 16.4. The summed E-state index contributed by atoms with van der Waals surface area (Å²) >= 11 is 0. The molecule has 2 aromatic carbocycles. The molecule has 2 N–H and O–H groups in total. The van der Waals surface area contributed by atoms with Gasteiger partial charge in [-0.05, 0) is 80.6 Å². The lowest BCUT2D eigenvalue weighted by atomic mass is 9.79. The van der Waals surface area contributed by atoms with E-state index < -0.39 is 0 Å². The van der Waals surface area contributed by atoms with Gasteiger partial charge in [-0.2, -0.15) is 5.10 Å². The molecule has 3 rings (SSSR count). The van der Waals surface area contributed by atoms with Gasteiger partial charge in [0.05, 0.1) is 6.21 Å². The molecule has 1 amide bonds. The molecule has 27 heavy (non-hydrogen) atoms. The summed E-state index contributed by atoms with van der Waals surface area (Å²) in [5.41, 5.74) is 6.69. The summed E-state index contributed by atoms with van der Waals surface area (Å²) in [5, 5.41) is 13.4. The minimum atomic E-state index is -0.309. The number of hydrazone groups is 1. The standard InChI is InChI=1S/C22H27N3O2/c1-5-25-20-11-6-16(12-19(20)15(2)13-22(25,3)4)14-23-24-21(27)17-7-9-18(26)10-8-17/h6-12,14-15,26H,5,13H2,1-4H3,(H,24,27)/b23-14-/t15-/m0/s1. The van der Waals surface area contributed by atoms with Crippen molar-refractivity contribution in [3.63, 3.8) is 0 Å². The van der Waals surface area contributed by atoms with E-state index >= 15 is 0 Å². The summed E-state index contributed by atoms with van der Waals surface area (Å²) in [6, 6.07) is 12.4. The first-order valence-corrected chi connectivity index (χ1v) is 9.36. The van der Waals surface area contributed by atoms with Gasteiger partial charge in [0.25, 0.3) is 5.91 Å². The highest BCUT2D eigenvalue weighted by Gasteiger charge is 2.35. The number of amides is 1. The van der Waals surface area contributed by atoms with Crippen molar-refractivity contribution in [3.8, 4) is 5.75 Å². The molecule has 0 radical (unpaired) electrons. The van der Waals surface area contributed by atoms with Crippen LogP contribution in [0.25, 0.3) is 0 Å². The fraction of sp³-hybridized carbons (Fsp3) is 0.364. The molecule has 0 aliphatic carbocycles. The Labute approximate surface area is 160 Å². The number of benzene rings is 2. The van der Waals surface area contributed by atoms with Crippen molar-refractivity contribution in [3.05, 3.63) is 59.2 Å². The third-order valence-electron chi connectivity index (χ3n) is 5.24. The Bertz CT molecular complexity index is 856. The van der Waals surface area contributed by atoms with Crippen LogP contribution < -0.4 is 10.3 Å². The third-order valence-corrected chi connectivity index (χ3v) is 5.24. The van der Waals surface area contributed by atoms with Crippen LogP contribution >= 0.6 is 0 Å². The van der Waals surface area contributed by atoms with Crippen LogP contribution in [0.2, 0.25) is 0 Å². The molecule has 1 atom stereocenters. The number of rotatable bonds is 4. The van der Waals surface area contributed by atoms with Crippen LogP contribution in [-0.2, 0) is 0 Å². The Kier molecular flexibility index (Phi) is 5.22. The van der Waals surface area contributed by atoms with Crippen LogP contribution in [0.5, 0.6) is 5.75 Å². The lowest BCUT2D eigenvalue weighted by molar-refractivity contribution is 0.0955. The molecule has 5 nitrogen and oxygen atoms in total. The number of aromatic hydroxyl groups is 1. The second-order valence-electron chi connectivity index (χ2n) is 7.73. The van der Waals surface area contributed by atoms with Crippen molar-refractivity contribution in [1.29, 1.82) is 0 Å². The van der Waals surface area contributed by atoms with Gasteiger partial charge in [0.15, 0.2) is 0 Å². The van der Waals surface area contributed by atoms with Gasteiger partial charge >= 0.3 is 0 Å². The van der Waals surface area contributed by atoms with Crippen LogP contribution in [0.3, 0.4) is 0 Å². The molecule has 0 aromatic heterocycles. The van der Waals surface area contributed by atoms with Crippen molar-refractivity contribution in [2.75, 3.05) is 11.4 Å². The van der Waals surface area contributed by atoms with Crippen LogP contribution in [0.1, 0.15) is 61.5 Å². The Hall–Kier alpha value is -2.82. The van der Waals surface area contributed by atoms with E-state index in [0.29, 0.717) is 11.5 Å². The van der Waals surface area contributed by atoms with E-state index in [1.54, 1.807) is 18.3 Å². The molecular formula is C22H27N3O2. The number of nitrogens with zero attached hydrogens (tertiary/aromatic N) is 2. The molecule has 0 bridgehead atoms. The van der Waals surface area contributed by atoms with Crippen molar-refractivity contribution >= 4 is 17.8 Å². The molecule has 5 heteroatoms. The Morgan fingerprint density at radius 2 is 2.00 bits per heavy atom. The van der Waals surface area contributed by atoms with E-state index in [0.717, 1.165) is 18.5 Å². The van der Waals surface area contributed by atoms with Gasteiger partial charge in [-0.15, -0.1) is 0 Å². The molecule has 0 saturated carbocycles. The number of carbonyl (C=O) groups is 1. The van der Waals surface area contributed by atoms with Crippen molar-refractivity contribution in [2.24, 2.45) is 5.10 Å². The summed E-state index contributed by atoms with van der Waals surface area (Å²) in [6.07, 6.45) is 2.77. The summed E-state index contributed by atoms with van der Waals surface area (Å²) < 4.78 is 0. The molecule has 2 aromatic rings. The highest BCUT2D eigenvalue weighted by molar-refractivity contribution is 5.95. The summed E-state index contributed by atoms with van der Waals surface area (Å²) in [6.45, 7) is 10.0. The van der Waals surface area contributed by atoms with Gasteiger partial charge in [-0.3, -0.25) is 4.79 Å². The maximum absolute atomic E-state index is 12.1. The molecule has 0 saturated heterocycles. The second-order valence-corrected chi connectivity index (χ2v) is 7.73. The van der Waals surface area contributed by atoms with Gasteiger partial charge in [0, 0.05) is 23.3 Å². The number of carbonyl (C=O) groups excluding carboxylic acids is 1. The van der Waals surface area contributed by atoms with Gasteiger partial charge in [0.2, 0.25) is 0 Å². The van der Waals surface area contributed by atoms with Crippen molar-refractivity contribution in [2.45, 2.75) is 45.6 Å². The van der Waals surface area contributed by atoms with Crippen LogP contribution in [0.4, 0.5) is 5.69 Å². The van der Waals surface area contributed by atoms with Crippen molar-refractivity contribution in [1.82, 2.24) is 5.43 Å². The Morgan fingerprint density at radius 3 is 2.67 bits per heavy atom. The van der Waals surface area contributed by atoms with E-state index in [1.807, 2.05) is 6.07 Å². The maximum atomic E-state index is 12.1. The summed E-state index contributed by atoms with van der Waals surface area (Å²) in [4.78, 5) is 14.5. The van der Waals surface area contributed by atoms with Gasteiger partial charge < -0.3 is 10.0 Å². The molecule has 0 fully saturated rings. The topological polar surface area (TPSA) is 64.9 Å². The quantitative estimate of drug-likeness (QED) is 0.628. The SMILES string of the molecule is CCN1c2ccc(/C=N\NC(=O)c3ccc(O)cc3)cc2[C@@H](C)CC1(C)C. The molecule has 1 aliphatic heterocycles. The number of fused-ring (bicyclic) bond motifs is 1. The first-order chi connectivity index (χ1) is 12.8. The van der Waals surface area contributed by atoms with Crippen LogP contribution in [0, 0.1) is 0 Å². The fourth-order valence-corrected chi connectivity index (χ4v) is 4.03. The second kappa shape index (κ2) is 7.43. The zero-order chi connectivity index (χ0) is 19.6. The zero-order valence-corrected chi connectivity index (χ0v) is 16.4. The van der Waals surface area contributed by atoms with E-state index in [2.05, 4.69) is 55.3 Å². The maximum Gasteiger partial charge on any atom is 0.271 e. The highest BCUT2D eigenvalue weighted by atomic mass is 16.3. The first-order valence-electron chi connectivity index (χ1n) is 9.36. The largest absolute Gasteiger partial charge is 0.508 e. The number of nitrogens with one attached hydrogen (secondary N) is 1. The molecule has 142 valence electrons. The van der Waals surface area contributed by atoms with Crippen LogP contribution in [-0.4, -0.2) is 29.3 Å². The lowest BCUT2D eigenvalue weighted by Crippen LogP contribution is -2.48. The smallest absolute Gasteiger partial charge is 0.271 e. The Balaban J connectivity index is 1.75. The number of hydrogen-bond donors (Lipinski definition) is 2. The van der Waals surface area contributed by atoms with E-state index in [-0.39, 0.29) is 17.2 Å². The predicted octanol–water partition coefficient (Wildman–Crippen LogP) is 4.27. The number of phenols is 1.